The van der Waals surface area contributed by atoms with Crippen molar-refractivity contribution in [3.8, 4) is 0 Å². The van der Waals surface area contributed by atoms with Crippen LogP contribution in [0.1, 0.15) is 16.7 Å². The molecule has 2 rings (SSSR count). The number of halogens is 1. The number of aromatic nitrogens is 2. The highest BCUT2D eigenvalue weighted by molar-refractivity contribution is 7.80. The number of nitrogens with two attached hydrogens (primary N) is 1. The highest BCUT2D eigenvalue weighted by atomic mass is 32.1. The van der Waals surface area contributed by atoms with Crippen LogP contribution in [-0.2, 0) is 6.54 Å². The standard InChI is InChI=1S/C13H12FN3OS/c1-8-5-16-13(18)17(6-8)7-9-3-2-4-10(11(9)14)12(15)19/h2-6H,7H2,1H3,(H2,15,19). The van der Waals surface area contributed by atoms with Gasteiger partial charge in [-0.3, -0.25) is 4.57 Å². The second kappa shape index (κ2) is 5.27. The summed E-state index contributed by atoms with van der Waals surface area (Å²) in [5.41, 5.74) is 6.37. The summed E-state index contributed by atoms with van der Waals surface area (Å²) in [6, 6.07) is 4.76. The van der Waals surface area contributed by atoms with E-state index >= 15 is 0 Å². The first-order chi connectivity index (χ1) is 8.99. The van der Waals surface area contributed by atoms with Crippen molar-refractivity contribution < 1.29 is 4.39 Å². The van der Waals surface area contributed by atoms with Crippen molar-refractivity contribution in [3.05, 3.63) is 63.6 Å². The SMILES string of the molecule is Cc1cnc(=O)n(Cc2cccc(C(N)=S)c2F)c1. The molecule has 0 radical (unpaired) electrons. The van der Waals surface area contributed by atoms with Crippen LogP contribution in [0.4, 0.5) is 4.39 Å². The van der Waals surface area contributed by atoms with Gasteiger partial charge in [0.05, 0.1) is 6.54 Å². The number of hydrogen-bond acceptors (Lipinski definition) is 3. The summed E-state index contributed by atoms with van der Waals surface area (Å²) in [4.78, 5) is 15.3. The summed E-state index contributed by atoms with van der Waals surface area (Å²) < 4.78 is 15.5. The number of aryl methyl sites for hydroxylation is 1. The summed E-state index contributed by atoms with van der Waals surface area (Å²) in [7, 11) is 0. The Hall–Kier alpha value is -2.08. The molecule has 0 aliphatic rings. The van der Waals surface area contributed by atoms with E-state index in [1.165, 1.54) is 16.8 Å². The van der Waals surface area contributed by atoms with E-state index in [2.05, 4.69) is 4.98 Å². The Balaban J connectivity index is 2.44. The minimum atomic E-state index is -0.497. The summed E-state index contributed by atoms with van der Waals surface area (Å²) in [6.07, 6.45) is 3.10. The Labute approximate surface area is 114 Å². The van der Waals surface area contributed by atoms with Gasteiger partial charge in [-0.05, 0) is 18.6 Å². The van der Waals surface area contributed by atoms with Crippen LogP contribution in [0.2, 0.25) is 0 Å². The average Bonchev–Trinajstić information content (AvgIpc) is 2.36. The van der Waals surface area contributed by atoms with Gasteiger partial charge >= 0.3 is 5.69 Å². The van der Waals surface area contributed by atoms with Gasteiger partial charge in [0.25, 0.3) is 0 Å². The molecule has 6 heteroatoms. The fourth-order valence-electron chi connectivity index (χ4n) is 1.75. The lowest BCUT2D eigenvalue weighted by molar-refractivity contribution is 0.590. The van der Waals surface area contributed by atoms with E-state index in [9.17, 15) is 9.18 Å². The monoisotopic (exact) mass is 277 g/mol. The highest BCUT2D eigenvalue weighted by Crippen LogP contribution is 2.13. The lowest BCUT2D eigenvalue weighted by atomic mass is 10.1. The van der Waals surface area contributed by atoms with Crippen molar-refractivity contribution in [2.75, 3.05) is 0 Å². The number of nitrogens with zero attached hydrogens (tertiary/aromatic N) is 2. The molecule has 0 bridgehead atoms. The summed E-state index contributed by atoms with van der Waals surface area (Å²) in [6.45, 7) is 1.90. The molecular weight excluding hydrogens is 265 g/mol. The molecule has 4 nitrogen and oxygen atoms in total. The average molecular weight is 277 g/mol. The highest BCUT2D eigenvalue weighted by Gasteiger charge is 2.11. The minimum absolute atomic E-state index is 0.00550. The van der Waals surface area contributed by atoms with Crippen molar-refractivity contribution in [1.82, 2.24) is 9.55 Å². The first-order valence-electron chi connectivity index (χ1n) is 5.59. The third-order valence-electron chi connectivity index (χ3n) is 2.67. The minimum Gasteiger partial charge on any atom is -0.389 e. The van der Waals surface area contributed by atoms with Gasteiger partial charge in [0, 0.05) is 23.5 Å². The van der Waals surface area contributed by atoms with E-state index < -0.39 is 11.5 Å². The zero-order valence-electron chi connectivity index (χ0n) is 10.3. The van der Waals surface area contributed by atoms with Crippen molar-refractivity contribution in [1.29, 1.82) is 0 Å². The van der Waals surface area contributed by atoms with Gasteiger partial charge in [-0.1, -0.05) is 24.4 Å². The summed E-state index contributed by atoms with van der Waals surface area (Å²) in [5, 5.41) is 0. The fourth-order valence-corrected chi connectivity index (χ4v) is 1.91. The van der Waals surface area contributed by atoms with Crippen LogP contribution in [0.3, 0.4) is 0 Å². The van der Waals surface area contributed by atoms with E-state index in [0.29, 0.717) is 5.56 Å². The van der Waals surface area contributed by atoms with Crippen molar-refractivity contribution in [2.45, 2.75) is 13.5 Å². The molecule has 0 aliphatic heterocycles. The maximum atomic E-state index is 14.1. The lowest BCUT2D eigenvalue weighted by Gasteiger charge is -2.09. The zero-order chi connectivity index (χ0) is 14.0. The molecule has 1 aromatic carbocycles. The molecule has 19 heavy (non-hydrogen) atoms. The van der Waals surface area contributed by atoms with Crippen LogP contribution in [-0.4, -0.2) is 14.5 Å². The molecule has 1 heterocycles. The number of thiocarbonyl (C=S) groups is 1. The molecule has 0 aliphatic carbocycles. The number of hydrogen-bond donors (Lipinski definition) is 1. The van der Waals surface area contributed by atoms with E-state index in [-0.39, 0.29) is 17.1 Å². The predicted octanol–water partition coefficient (Wildman–Crippen LogP) is 1.37. The first-order valence-corrected chi connectivity index (χ1v) is 6.00. The van der Waals surface area contributed by atoms with Crippen LogP contribution in [0, 0.1) is 12.7 Å². The Kier molecular flexibility index (Phi) is 3.71. The van der Waals surface area contributed by atoms with Gasteiger partial charge in [0.2, 0.25) is 0 Å². The third-order valence-corrected chi connectivity index (χ3v) is 2.89. The predicted molar refractivity (Wildman–Crippen MR) is 74.6 cm³/mol. The Morgan fingerprint density at radius 1 is 1.53 bits per heavy atom. The fraction of sp³-hybridized carbons (Fsp3) is 0.154. The largest absolute Gasteiger partial charge is 0.389 e. The first kappa shape index (κ1) is 13.4. The zero-order valence-corrected chi connectivity index (χ0v) is 11.1. The van der Waals surface area contributed by atoms with Crippen LogP contribution in [0.15, 0.2) is 35.4 Å². The van der Waals surface area contributed by atoms with Gasteiger partial charge in [-0.25, -0.2) is 14.2 Å². The maximum Gasteiger partial charge on any atom is 0.347 e. The number of rotatable bonds is 3. The molecule has 1 aromatic heterocycles. The van der Waals surface area contributed by atoms with Gasteiger partial charge in [0.1, 0.15) is 10.8 Å². The van der Waals surface area contributed by atoms with E-state index in [0.717, 1.165) is 5.56 Å². The third kappa shape index (κ3) is 2.85. The van der Waals surface area contributed by atoms with Crippen LogP contribution in [0.5, 0.6) is 0 Å². The second-order valence-corrected chi connectivity index (χ2v) is 4.62. The van der Waals surface area contributed by atoms with Gasteiger partial charge in [-0.15, -0.1) is 0 Å². The lowest BCUT2D eigenvalue weighted by Crippen LogP contribution is -2.24. The van der Waals surface area contributed by atoms with Crippen LogP contribution >= 0.6 is 12.2 Å². The molecule has 0 atom stereocenters. The smallest absolute Gasteiger partial charge is 0.347 e. The quantitative estimate of drug-likeness (QED) is 0.861. The molecule has 2 N–H and O–H groups in total. The van der Waals surface area contributed by atoms with Crippen LogP contribution < -0.4 is 11.4 Å². The van der Waals surface area contributed by atoms with Crippen molar-refractivity contribution in [3.63, 3.8) is 0 Å². The van der Waals surface area contributed by atoms with Gasteiger partial charge in [0.15, 0.2) is 0 Å². The molecule has 98 valence electrons. The molecule has 0 spiro atoms. The topological polar surface area (TPSA) is 60.9 Å². The van der Waals surface area contributed by atoms with E-state index in [1.54, 1.807) is 18.3 Å². The van der Waals surface area contributed by atoms with Gasteiger partial charge in [-0.2, -0.15) is 0 Å². The maximum absolute atomic E-state index is 14.1. The summed E-state index contributed by atoms with van der Waals surface area (Å²) in [5.74, 6) is -0.497. The Morgan fingerprint density at radius 3 is 2.95 bits per heavy atom. The molecule has 0 amide bonds. The molecule has 0 fully saturated rings. The van der Waals surface area contributed by atoms with Gasteiger partial charge < -0.3 is 5.73 Å². The molecule has 0 saturated carbocycles. The molecule has 0 unspecified atom stereocenters. The Bertz CT molecular complexity index is 697. The van der Waals surface area contributed by atoms with E-state index in [1.807, 2.05) is 6.92 Å². The second-order valence-electron chi connectivity index (χ2n) is 4.18. The van der Waals surface area contributed by atoms with Crippen molar-refractivity contribution in [2.24, 2.45) is 5.73 Å². The number of benzene rings is 1. The van der Waals surface area contributed by atoms with E-state index in [4.69, 9.17) is 18.0 Å². The molecule has 2 aromatic rings. The summed E-state index contributed by atoms with van der Waals surface area (Å²) >= 11 is 4.78. The normalized spacial score (nSPS) is 10.4. The molecule has 0 saturated heterocycles. The van der Waals surface area contributed by atoms with Crippen LogP contribution in [0.25, 0.3) is 0 Å². The Morgan fingerprint density at radius 2 is 2.26 bits per heavy atom. The van der Waals surface area contributed by atoms with Crippen molar-refractivity contribution >= 4 is 17.2 Å². The molecular formula is C13H12FN3OS.